The van der Waals surface area contributed by atoms with Gasteiger partial charge in [-0.2, -0.15) is 0 Å². The number of carbonyl (C=O) groups is 1. The number of nitrogens with one attached hydrogen (secondary N) is 1. The van der Waals surface area contributed by atoms with Crippen LogP contribution in [0.2, 0.25) is 0 Å². The summed E-state index contributed by atoms with van der Waals surface area (Å²) in [6.45, 7) is 6.83. The highest BCUT2D eigenvalue weighted by Gasteiger charge is 2.34. The average molecular weight is 274 g/mol. The van der Waals surface area contributed by atoms with E-state index in [0.29, 0.717) is 12.0 Å². The van der Waals surface area contributed by atoms with Gasteiger partial charge in [0.15, 0.2) is 0 Å². The lowest BCUT2D eigenvalue weighted by Crippen LogP contribution is -2.44. The maximum absolute atomic E-state index is 12.2. The molecule has 0 aromatic heterocycles. The molecule has 0 aliphatic heterocycles. The van der Waals surface area contributed by atoms with Gasteiger partial charge in [0.25, 0.3) is 0 Å². The molecule has 0 spiro atoms. The molecule has 1 saturated carbocycles. The first-order chi connectivity index (χ1) is 9.52. The van der Waals surface area contributed by atoms with Crippen molar-refractivity contribution in [1.82, 2.24) is 10.2 Å². The molecule has 110 valence electrons. The molecule has 2 rings (SSSR count). The van der Waals surface area contributed by atoms with E-state index in [0.717, 1.165) is 6.54 Å². The number of aryl methyl sites for hydroxylation is 1. The van der Waals surface area contributed by atoms with E-state index in [-0.39, 0.29) is 11.9 Å². The predicted octanol–water partition coefficient (Wildman–Crippen LogP) is 2.90. The molecule has 1 aromatic rings. The highest BCUT2D eigenvalue weighted by molar-refractivity contribution is 5.81. The summed E-state index contributed by atoms with van der Waals surface area (Å²) < 4.78 is 0. The lowest BCUT2D eigenvalue weighted by atomic mass is 10.00. The Labute approximate surface area is 122 Å². The van der Waals surface area contributed by atoms with Crippen molar-refractivity contribution in [3.05, 3.63) is 35.4 Å². The lowest BCUT2D eigenvalue weighted by Gasteiger charge is -2.26. The molecule has 1 fully saturated rings. The molecule has 3 heteroatoms. The van der Waals surface area contributed by atoms with Gasteiger partial charge in [-0.05, 0) is 45.1 Å². The Morgan fingerprint density at radius 1 is 1.35 bits per heavy atom. The minimum Gasteiger partial charge on any atom is -0.345 e. The largest absolute Gasteiger partial charge is 0.345 e. The van der Waals surface area contributed by atoms with Crippen LogP contribution in [0.1, 0.15) is 43.9 Å². The molecule has 1 aliphatic carbocycles. The van der Waals surface area contributed by atoms with Crippen LogP contribution in [0.15, 0.2) is 24.3 Å². The normalized spacial score (nSPS) is 17.6. The van der Waals surface area contributed by atoms with Crippen molar-refractivity contribution in [3.63, 3.8) is 0 Å². The minimum absolute atomic E-state index is 0.133. The zero-order valence-corrected chi connectivity index (χ0v) is 13.0. The van der Waals surface area contributed by atoms with E-state index in [1.807, 2.05) is 20.9 Å². The van der Waals surface area contributed by atoms with Crippen molar-refractivity contribution in [2.75, 3.05) is 13.6 Å². The molecule has 2 atom stereocenters. The molecule has 3 nitrogen and oxygen atoms in total. The van der Waals surface area contributed by atoms with E-state index in [1.54, 1.807) is 4.90 Å². The standard InChI is InChI=1S/C17H26N2O/c1-5-19(4)17(20)13(3)18-16(15-10-11-15)14-8-6-12(2)7-9-14/h6-9,13,15-16,18H,5,10-11H2,1-4H3. The van der Waals surface area contributed by atoms with Crippen LogP contribution in [0.25, 0.3) is 0 Å². The summed E-state index contributed by atoms with van der Waals surface area (Å²) in [5.41, 5.74) is 2.58. The summed E-state index contributed by atoms with van der Waals surface area (Å²) in [6.07, 6.45) is 2.52. The van der Waals surface area contributed by atoms with Crippen molar-refractivity contribution in [2.45, 2.75) is 45.7 Å². The molecule has 20 heavy (non-hydrogen) atoms. The van der Waals surface area contributed by atoms with Gasteiger partial charge in [0.1, 0.15) is 0 Å². The zero-order valence-electron chi connectivity index (χ0n) is 13.0. The van der Waals surface area contributed by atoms with Crippen LogP contribution in [-0.2, 0) is 4.79 Å². The van der Waals surface area contributed by atoms with E-state index in [4.69, 9.17) is 0 Å². The smallest absolute Gasteiger partial charge is 0.239 e. The van der Waals surface area contributed by atoms with Gasteiger partial charge >= 0.3 is 0 Å². The third kappa shape index (κ3) is 3.60. The molecule has 1 aliphatic rings. The van der Waals surface area contributed by atoms with E-state index in [1.165, 1.54) is 24.0 Å². The number of nitrogens with zero attached hydrogens (tertiary/aromatic N) is 1. The van der Waals surface area contributed by atoms with Crippen molar-refractivity contribution in [3.8, 4) is 0 Å². The van der Waals surface area contributed by atoms with Gasteiger partial charge in [-0.25, -0.2) is 0 Å². The van der Waals surface area contributed by atoms with Gasteiger partial charge in [0.2, 0.25) is 5.91 Å². The van der Waals surface area contributed by atoms with E-state index >= 15 is 0 Å². The van der Waals surface area contributed by atoms with Gasteiger partial charge in [-0.1, -0.05) is 29.8 Å². The van der Waals surface area contributed by atoms with Gasteiger partial charge in [0, 0.05) is 19.6 Å². The Bertz CT molecular complexity index is 451. The maximum atomic E-state index is 12.2. The zero-order chi connectivity index (χ0) is 14.7. The van der Waals surface area contributed by atoms with Gasteiger partial charge in [-0.3, -0.25) is 10.1 Å². The van der Waals surface area contributed by atoms with Crippen LogP contribution in [-0.4, -0.2) is 30.4 Å². The number of likely N-dealkylation sites (N-methyl/N-ethyl adjacent to an activating group) is 1. The van der Waals surface area contributed by atoms with Crippen LogP contribution in [0.3, 0.4) is 0 Å². The molecule has 1 amide bonds. The number of hydrogen-bond acceptors (Lipinski definition) is 2. The van der Waals surface area contributed by atoms with Gasteiger partial charge < -0.3 is 4.90 Å². The van der Waals surface area contributed by atoms with Crippen LogP contribution in [0.4, 0.5) is 0 Å². The van der Waals surface area contributed by atoms with Crippen molar-refractivity contribution in [1.29, 1.82) is 0 Å². The number of amides is 1. The van der Waals surface area contributed by atoms with Crippen molar-refractivity contribution >= 4 is 5.91 Å². The molecule has 0 heterocycles. The van der Waals surface area contributed by atoms with Crippen molar-refractivity contribution in [2.24, 2.45) is 5.92 Å². The van der Waals surface area contributed by atoms with Crippen LogP contribution < -0.4 is 5.32 Å². The van der Waals surface area contributed by atoms with Crippen LogP contribution >= 0.6 is 0 Å². The first-order valence-corrected chi connectivity index (χ1v) is 7.60. The number of carbonyl (C=O) groups excluding carboxylic acids is 1. The second kappa shape index (κ2) is 6.40. The number of rotatable bonds is 6. The number of hydrogen-bond donors (Lipinski definition) is 1. The Balaban J connectivity index is 2.06. The first kappa shape index (κ1) is 15.0. The molecule has 1 N–H and O–H groups in total. The fraction of sp³-hybridized carbons (Fsp3) is 0.588. The highest BCUT2D eigenvalue weighted by Crippen LogP contribution is 2.41. The molecule has 1 aromatic carbocycles. The quantitative estimate of drug-likeness (QED) is 0.865. The van der Waals surface area contributed by atoms with Crippen LogP contribution in [0.5, 0.6) is 0 Å². The summed E-state index contributed by atoms with van der Waals surface area (Å²) in [7, 11) is 1.86. The van der Waals surface area contributed by atoms with E-state index < -0.39 is 0 Å². The lowest BCUT2D eigenvalue weighted by molar-refractivity contribution is -0.131. The molecule has 0 radical (unpaired) electrons. The average Bonchev–Trinajstić information content (AvgIpc) is 3.28. The summed E-state index contributed by atoms with van der Waals surface area (Å²) in [6, 6.07) is 8.85. The third-order valence-corrected chi connectivity index (χ3v) is 4.18. The second-order valence-corrected chi connectivity index (χ2v) is 5.97. The van der Waals surface area contributed by atoms with Gasteiger partial charge in [-0.15, -0.1) is 0 Å². The third-order valence-electron chi connectivity index (χ3n) is 4.18. The fourth-order valence-corrected chi connectivity index (χ4v) is 2.53. The van der Waals surface area contributed by atoms with E-state index in [9.17, 15) is 4.79 Å². The summed E-state index contributed by atoms with van der Waals surface area (Å²) in [5, 5.41) is 3.54. The van der Waals surface area contributed by atoms with Gasteiger partial charge in [0.05, 0.1) is 6.04 Å². The summed E-state index contributed by atoms with van der Waals surface area (Å²) in [4.78, 5) is 14.0. The Morgan fingerprint density at radius 2 is 1.95 bits per heavy atom. The Hall–Kier alpha value is -1.35. The number of benzene rings is 1. The molecular weight excluding hydrogens is 248 g/mol. The fourth-order valence-electron chi connectivity index (χ4n) is 2.53. The predicted molar refractivity (Wildman–Crippen MR) is 82.6 cm³/mol. The maximum Gasteiger partial charge on any atom is 0.239 e. The summed E-state index contributed by atoms with van der Waals surface area (Å²) in [5.74, 6) is 0.852. The Morgan fingerprint density at radius 3 is 2.45 bits per heavy atom. The molecule has 0 bridgehead atoms. The first-order valence-electron chi connectivity index (χ1n) is 7.60. The minimum atomic E-state index is -0.133. The second-order valence-electron chi connectivity index (χ2n) is 5.97. The topological polar surface area (TPSA) is 32.3 Å². The molecule has 2 unspecified atom stereocenters. The van der Waals surface area contributed by atoms with Crippen molar-refractivity contribution < 1.29 is 4.79 Å². The Kier molecular flexibility index (Phi) is 4.81. The van der Waals surface area contributed by atoms with Crippen LogP contribution in [0, 0.1) is 12.8 Å². The highest BCUT2D eigenvalue weighted by atomic mass is 16.2. The molecular formula is C17H26N2O. The van der Waals surface area contributed by atoms with E-state index in [2.05, 4.69) is 36.5 Å². The molecule has 0 saturated heterocycles. The monoisotopic (exact) mass is 274 g/mol. The SMILES string of the molecule is CCN(C)C(=O)C(C)NC(c1ccc(C)cc1)C1CC1. The summed E-state index contributed by atoms with van der Waals surface area (Å²) >= 11 is 0.